The van der Waals surface area contributed by atoms with E-state index in [2.05, 4.69) is 85.8 Å². The molecule has 0 bridgehead atoms. The van der Waals surface area contributed by atoms with Crippen LogP contribution < -0.4 is 0 Å². The predicted octanol–water partition coefficient (Wildman–Crippen LogP) is 8.78. The molecule has 3 heteroatoms. The van der Waals surface area contributed by atoms with Crippen molar-refractivity contribution in [3.8, 4) is 0 Å². The standard InChI is InChI=1S/C30H23ClN2/c1-30(2,3)16-17-8-9-24-22(12-17)27-21-7-5-4-6-18(21)14-23-28-26-19(10-11-32-28)13-20(31)15-25(26)33(24)29(23)27/h4-15H,16H2,1-3H3. The molecule has 3 aromatic heterocycles. The second kappa shape index (κ2) is 6.36. The van der Waals surface area contributed by atoms with E-state index in [1.165, 1.54) is 48.9 Å². The van der Waals surface area contributed by atoms with Gasteiger partial charge >= 0.3 is 0 Å². The van der Waals surface area contributed by atoms with Crippen LogP contribution in [0.5, 0.6) is 0 Å². The predicted molar refractivity (Wildman–Crippen MR) is 142 cm³/mol. The van der Waals surface area contributed by atoms with Gasteiger partial charge in [0.15, 0.2) is 0 Å². The molecule has 0 aliphatic carbocycles. The summed E-state index contributed by atoms with van der Waals surface area (Å²) in [7, 11) is 0. The highest BCUT2D eigenvalue weighted by molar-refractivity contribution is 6.35. The number of benzene rings is 4. The lowest BCUT2D eigenvalue weighted by Gasteiger charge is -2.18. The Labute approximate surface area is 196 Å². The fraction of sp³-hybridized carbons (Fsp3) is 0.167. The van der Waals surface area contributed by atoms with E-state index in [4.69, 9.17) is 16.6 Å². The monoisotopic (exact) mass is 446 g/mol. The van der Waals surface area contributed by atoms with Crippen LogP contribution in [0.15, 0.2) is 72.9 Å². The highest BCUT2D eigenvalue weighted by Gasteiger charge is 2.21. The summed E-state index contributed by atoms with van der Waals surface area (Å²) in [5.74, 6) is 0. The molecule has 3 heterocycles. The van der Waals surface area contributed by atoms with Gasteiger partial charge in [0, 0.05) is 32.8 Å². The first kappa shape index (κ1) is 19.1. The maximum absolute atomic E-state index is 6.62. The summed E-state index contributed by atoms with van der Waals surface area (Å²) >= 11 is 6.62. The van der Waals surface area contributed by atoms with Crippen molar-refractivity contribution in [2.45, 2.75) is 27.2 Å². The van der Waals surface area contributed by atoms with Crippen molar-refractivity contribution in [1.82, 2.24) is 9.38 Å². The Hall–Kier alpha value is -3.36. The molecule has 7 rings (SSSR count). The molecule has 0 atom stereocenters. The van der Waals surface area contributed by atoms with E-state index in [1.807, 2.05) is 12.3 Å². The SMILES string of the molecule is CC(C)(C)Cc1ccc2c(c1)c1c3ccccc3cc3c4nccc5cc(Cl)cc(c54)n2c31. The molecular weight excluding hydrogens is 424 g/mol. The minimum Gasteiger partial charge on any atom is -0.308 e. The molecule has 0 aliphatic rings. The van der Waals surface area contributed by atoms with E-state index in [9.17, 15) is 0 Å². The number of nitrogens with zero attached hydrogens (tertiary/aromatic N) is 2. The summed E-state index contributed by atoms with van der Waals surface area (Å²) < 4.78 is 2.41. The van der Waals surface area contributed by atoms with Gasteiger partial charge in [0.1, 0.15) is 0 Å². The molecule has 0 spiro atoms. The zero-order valence-electron chi connectivity index (χ0n) is 18.9. The molecule has 7 aromatic rings. The summed E-state index contributed by atoms with van der Waals surface area (Å²) in [6.07, 6.45) is 2.94. The van der Waals surface area contributed by atoms with Crippen LogP contribution in [0, 0.1) is 5.41 Å². The summed E-state index contributed by atoms with van der Waals surface area (Å²) in [5, 5.41) is 9.37. The van der Waals surface area contributed by atoms with Crippen molar-refractivity contribution in [2.75, 3.05) is 0 Å². The second-order valence-electron chi connectivity index (χ2n) is 10.5. The average molecular weight is 447 g/mol. The summed E-state index contributed by atoms with van der Waals surface area (Å²) in [4.78, 5) is 4.88. The van der Waals surface area contributed by atoms with Crippen LogP contribution in [-0.2, 0) is 6.42 Å². The van der Waals surface area contributed by atoms with E-state index >= 15 is 0 Å². The Balaban J connectivity index is 1.82. The fourth-order valence-electron chi connectivity index (χ4n) is 5.73. The second-order valence-corrected chi connectivity index (χ2v) is 10.9. The third-order valence-electron chi connectivity index (χ3n) is 6.85. The van der Waals surface area contributed by atoms with Gasteiger partial charge in [-0.1, -0.05) is 62.7 Å². The van der Waals surface area contributed by atoms with Gasteiger partial charge in [-0.15, -0.1) is 0 Å². The molecule has 0 saturated heterocycles. The average Bonchev–Trinajstić information content (AvgIpc) is 3.11. The number of aromatic nitrogens is 2. The van der Waals surface area contributed by atoms with Crippen molar-refractivity contribution in [3.05, 3.63) is 83.5 Å². The molecule has 0 fully saturated rings. The Morgan fingerprint density at radius 2 is 1.64 bits per heavy atom. The van der Waals surface area contributed by atoms with Crippen LogP contribution in [0.4, 0.5) is 0 Å². The van der Waals surface area contributed by atoms with Crippen molar-refractivity contribution in [2.24, 2.45) is 5.41 Å². The fourth-order valence-corrected chi connectivity index (χ4v) is 5.95. The minimum absolute atomic E-state index is 0.229. The molecule has 4 aromatic carbocycles. The summed E-state index contributed by atoms with van der Waals surface area (Å²) in [6.45, 7) is 6.90. The van der Waals surface area contributed by atoms with Gasteiger partial charge in [0.2, 0.25) is 0 Å². The highest BCUT2D eigenvalue weighted by atomic mass is 35.5. The smallest absolute Gasteiger partial charge is 0.0822 e. The molecule has 33 heavy (non-hydrogen) atoms. The third kappa shape index (κ3) is 2.65. The number of halogens is 1. The Bertz CT molecular complexity index is 1890. The van der Waals surface area contributed by atoms with Gasteiger partial charge in [-0.3, -0.25) is 4.98 Å². The van der Waals surface area contributed by atoms with Crippen molar-refractivity contribution in [3.63, 3.8) is 0 Å². The van der Waals surface area contributed by atoms with Crippen LogP contribution >= 0.6 is 11.6 Å². The lowest BCUT2D eigenvalue weighted by atomic mass is 9.87. The van der Waals surface area contributed by atoms with Gasteiger partial charge in [-0.05, 0) is 70.0 Å². The van der Waals surface area contributed by atoms with Gasteiger partial charge in [0.05, 0.1) is 22.1 Å². The van der Waals surface area contributed by atoms with Crippen molar-refractivity contribution < 1.29 is 0 Å². The lowest BCUT2D eigenvalue weighted by molar-refractivity contribution is 0.411. The maximum Gasteiger partial charge on any atom is 0.0822 e. The topological polar surface area (TPSA) is 17.3 Å². The summed E-state index contributed by atoms with van der Waals surface area (Å²) in [5.41, 5.74) is 6.21. The van der Waals surface area contributed by atoms with Gasteiger partial charge in [0.25, 0.3) is 0 Å². The van der Waals surface area contributed by atoms with Crippen LogP contribution in [-0.4, -0.2) is 9.38 Å². The zero-order chi connectivity index (χ0) is 22.5. The van der Waals surface area contributed by atoms with E-state index in [1.54, 1.807) is 0 Å². The third-order valence-corrected chi connectivity index (χ3v) is 7.07. The Morgan fingerprint density at radius 3 is 2.48 bits per heavy atom. The number of pyridine rings is 2. The van der Waals surface area contributed by atoms with Crippen LogP contribution in [0.25, 0.3) is 59.8 Å². The molecule has 160 valence electrons. The van der Waals surface area contributed by atoms with Crippen LogP contribution in [0.1, 0.15) is 26.3 Å². The molecule has 0 radical (unpaired) electrons. The van der Waals surface area contributed by atoms with E-state index in [-0.39, 0.29) is 5.41 Å². The van der Waals surface area contributed by atoms with E-state index < -0.39 is 0 Å². The Kier molecular flexibility index (Phi) is 3.69. The Morgan fingerprint density at radius 1 is 0.788 bits per heavy atom. The normalized spacial score (nSPS) is 13.0. The van der Waals surface area contributed by atoms with Gasteiger partial charge in [-0.25, -0.2) is 0 Å². The maximum atomic E-state index is 6.62. The summed E-state index contributed by atoms with van der Waals surface area (Å²) in [6, 6.07) is 24.2. The first-order chi connectivity index (χ1) is 15.9. The van der Waals surface area contributed by atoms with Crippen molar-refractivity contribution >= 4 is 71.4 Å². The number of fused-ring (bicyclic) bond motifs is 7. The number of hydrogen-bond acceptors (Lipinski definition) is 1. The van der Waals surface area contributed by atoms with E-state index in [0.29, 0.717) is 0 Å². The quantitative estimate of drug-likeness (QED) is 0.182. The van der Waals surface area contributed by atoms with E-state index in [0.717, 1.165) is 27.9 Å². The molecule has 0 N–H and O–H groups in total. The highest BCUT2D eigenvalue weighted by Crippen LogP contribution is 2.44. The largest absolute Gasteiger partial charge is 0.308 e. The molecular formula is C30H23ClN2. The molecule has 0 saturated carbocycles. The lowest BCUT2D eigenvalue weighted by Crippen LogP contribution is -2.08. The molecule has 0 amide bonds. The molecule has 2 nitrogen and oxygen atoms in total. The zero-order valence-corrected chi connectivity index (χ0v) is 19.7. The number of hydrogen-bond donors (Lipinski definition) is 0. The van der Waals surface area contributed by atoms with Crippen LogP contribution in [0.2, 0.25) is 5.02 Å². The molecule has 0 aliphatic heterocycles. The first-order valence-electron chi connectivity index (χ1n) is 11.5. The molecule has 0 unspecified atom stereocenters. The van der Waals surface area contributed by atoms with Crippen LogP contribution in [0.3, 0.4) is 0 Å². The minimum atomic E-state index is 0.229. The van der Waals surface area contributed by atoms with Gasteiger partial charge < -0.3 is 4.40 Å². The first-order valence-corrected chi connectivity index (χ1v) is 11.8. The van der Waals surface area contributed by atoms with Crippen molar-refractivity contribution in [1.29, 1.82) is 0 Å². The van der Waals surface area contributed by atoms with Gasteiger partial charge in [-0.2, -0.15) is 0 Å². The number of rotatable bonds is 1.